The lowest BCUT2D eigenvalue weighted by Gasteiger charge is -2.32. The van der Waals surface area contributed by atoms with Crippen LogP contribution in [0.25, 0.3) is 0 Å². The second-order valence-corrected chi connectivity index (χ2v) is 5.04. The fraction of sp³-hybridized carbons (Fsp3) is 0.545. The van der Waals surface area contributed by atoms with Crippen molar-refractivity contribution in [2.45, 2.75) is 12.5 Å². The Morgan fingerprint density at radius 3 is 3.11 bits per heavy atom. The van der Waals surface area contributed by atoms with Crippen LogP contribution in [0.3, 0.4) is 0 Å². The van der Waals surface area contributed by atoms with Crippen molar-refractivity contribution in [2.75, 3.05) is 26.3 Å². The van der Waals surface area contributed by atoms with Gasteiger partial charge in [-0.1, -0.05) is 0 Å². The molecule has 1 amide bonds. The lowest BCUT2D eigenvalue weighted by Crippen LogP contribution is -2.52. The van der Waals surface area contributed by atoms with E-state index in [4.69, 9.17) is 15.6 Å². The van der Waals surface area contributed by atoms with E-state index >= 15 is 0 Å². The van der Waals surface area contributed by atoms with Crippen LogP contribution in [0.5, 0.6) is 0 Å². The third kappa shape index (κ3) is 3.09. The molecule has 0 radical (unpaired) electrons. The van der Waals surface area contributed by atoms with Crippen LogP contribution in [0.15, 0.2) is 5.38 Å². The number of nitrogens with zero attached hydrogens (tertiary/aromatic N) is 2. The molecule has 0 aliphatic carbocycles. The van der Waals surface area contributed by atoms with Crippen molar-refractivity contribution in [3.05, 3.63) is 16.1 Å². The minimum Gasteiger partial charge on any atom is -0.480 e. The summed E-state index contributed by atoms with van der Waals surface area (Å²) in [5.41, 5.74) is 5.71. The largest absolute Gasteiger partial charge is 0.480 e. The van der Waals surface area contributed by atoms with Gasteiger partial charge in [-0.2, -0.15) is 0 Å². The first-order valence-corrected chi connectivity index (χ1v) is 6.77. The first-order chi connectivity index (χ1) is 9.13. The molecule has 0 aromatic carbocycles. The zero-order valence-corrected chi connectivity index (χ0v) is 11.1. The highest BCUT2D eigenvalue weighted by Crippen LogP contribution is 2.16. The fourth-order valence-electron chi connectivity index (χ4n) is 1.85. The quantitative estimate of drug-likeness (QED) is 0.777. The van der Waals surface area contributed by atoms with Crippen molar-refractivity contribution in [3.8, 4) is 0 Å². The maximum absolute atomic E-state index is 12.3. The van der Waals surface area contributed by atoms with E-state index in [1.54, 1.807) is 5.38 Å². The monoisotopic (exact) mass is 285 g/mol. The summed E-state index contributed by atoms with van der Waals surface area (Å²) in [6, 6.07) is -0.944. The van der Waals surface area contributed by atoms with Gasteiger partial charge in [0.1, 0.15) is 5.69 Å². The van der Waals surface area contributed by atoms with Crippen LogP contribution in [0, 0.1) is 0 Å². The summed E-state index contributed by atoms with van der Waals surface area (Å²) < 4.78 is 5.09. The summed E-state index contributed by atoms with van der Waals surface area (Å²) in [5.74, 6) is -1.43. The van der Waals surface area contributed by atoms with E-state index in [0.717, 1.165) is 5.01 Å². The van der Waals surface area contributed by atoms with Crippen molar-refractivity contribution >= 4 is 23.2 Å². The van der Waals surface area contributed by atoms with E-state index in [1.165, 1.54) is 16.2 Å². The summed E-state index contributed by atoms with van der Waals surface area (Å²) in [4.78, 5) is 28.8. The molecule has 7 nitrogen and oxygen atoms in total. The molecule has 1 aliphatic rings. The lowest BCUT2D eigenvalue weighted by atomic mass is 10.2. The summed E-state index contributed by atoms with van der Waals surface area (Å²) in [7, 11) is 0. The van der Waals surface area contributed by atoms with E-state index in [1.807, 2.05) is 0 Å². The summed E-state index contributed by atoms with van der Waals surface area (Å²) in [5, 5.41) is 11.5. The van der Waals surface area contributed by atoms with Gasteiger partial charge in [0, 0.05) is 18.3 Å². The number of ether oxygens (including phenoxy) is 1. The molecule has 2 heterocycles. The minimum absolute atomic E-state index is 0.0147. The van der Waals surface area contributed by atoms with E-state index in [2.05, 4.69) is 4.98 Å². The molecule has 1 aromatic rings. The number of amides is 1. The number of thiazole rings is 1. The topological polar surface area (TPSA) is 106 Å². The number of carbonyl (C=O) groups is 2. The van der Waals surface area contributed by atoms with Crippen LogP contribution in [0.1, 0.15) is 15.5 Å². The van der Waals surface area contributed by atoms with Crippen LogP contribution < -0.4 is 5.73 Å². The molecule has 104 valence electrons. The molecule has 2 rings (SSSR count). The number of carboxylic acids is 1. The molecule has 8 heteroatoms. The first kappa shape index (κ1) is 13.9. The van der Waals surface area contributed by atoms with Crippen LogP contribution in [0.4, 0.5) is 0 Å². The average Bonchev–Trinajstić information content (AvgIpc) is 2.87. The van der Waals surface area contributed by atoms with Crippen molar-refractivity contribution < 1.29 is 19.4 Å². The number of carbonyl (C=O) groups excluding carboxylic acids is 1. The van der Waals surface area contributed by atoms with Crippen LogP contribution in [0.2, 0.25) is 0 Å². The number of hydrogen-bond acceptors (Lipinski definition) is 6. The average molecular weight is 285 g/mol. The molecule has 19 heavy (non-hydrogen) atoms. The van der Waals surface area contributed by atoms with Gasteiger partial charge in [0.05, 0.1) is 18.2 Å². The van der Waals surface area contributed by atoms with Gasteiger partial charge in [-0.05, 0) is 6.54 Å². The van der Waals surface area contributed by atoms with Crippen molar-refractivity contribution in [1.82, 2.24) is 9.88 Å². The van der Waals surface area contributed by atoms with Gasteiger partial charge in [-0.25, -0.2) is 9.78 Å². The van der Waals surface area contributed by atoms with E-state index in [-0.39, 0.29) is 24.8 Å². The van der Waals surface area contributed by atoms with E-state index < -0.39 is 12.0 Å². The lowest BCUT2D eigenvalue weighted by molar-refractivity contribution is -0.147. The summed E-state index contributed by atoms with van der Waals surface area (Å²) >= 11 is 1.36. The maximum atomic E-state index is 12.3. The van der Waals surface area contributed by atoms with Gasteiger partial charge in [0.25, 0.3) is 5.91 Å². The molecule has 3 N–H and O–H groups in total. The third-order valence-electron chi connectivity index (χ3n) is 2.80. The van der Waals surface area contributed by atoms with Gasteiger partial charge in [0.15, 0.2) is 6.04 Å². The van der Waals surface area contributed by atoms with Crippen molar-refractivity contribution in [1.29, 1.82) is 0 Å². The SMILES string of the molecule is NCCc1nc(C(=O)N2CCOCC2C(=O)O)cs1. The Kier molecular flexibility index (Phi) is 4.46. The number of morpholine rings is 1. The van der Waals surface area contributed by atoms with Gasteiger partial charge in [-0.15, -0.1) is 11.3 Å². The van der Waals surface area contributed by atoms with E-state index in [0.29, 0.717) is 19.6 Å². The summed E-state index contributed by atoms with van der Waals surface area (Å²) in [6.07, 6.45) is 0.615. The maximum Gasteiger partial charge on any atom is 0.328 e. The van der Waals surface area contributed by atoms with Gasteiger partial charge in [0.2, 0.25) is 0 Å². The molecular formula is C11H15N3O4S. The second kappa shape index (κ2) is 6.09. The zero-order chi connectivity index (χ0) is 13.8. The Labute approximate surface area is 114 Å². The number of rotatable bonds is 4. The Morgan fingerprint density at radius 2 is 2.42 bits per heavy atom. The summed E-state index contributed by atoms with van der Waals surface area (Å²) in [6.45, 7) is 1.09. The highest BCUT2D eigenvalue weighted by atomic mass is 32.1. The fourth-order valence-corrected chi connectivity index (χ4v) is 2.63. The molecule has 0 bridgehead atoms. The van der Waals surface area contributed by atoms with Crippen LogP contribution in [-0.4, -0.2) is 59.2 Å². The number of carboxylic acid groups (broad SMARTS) is 1. The third-order valence-corrected chi connectivity index (χ3v) is 3.71. The van der Waals surface area contributed by atoms with Gasteiger partial charge in [-0.3, -0.25) is 4.79 Å². The Bertz CT molecular complexity index is 476. The molecule has 1 fully saturated rings. The zero-order valence-electron chi connectivity index (χ0n) is 10.2. The normalized spacial score (nSPS) is 19.4. The predicted octanol–water partition coefficient (Wildman–Crippen LogP) is -0.430. The molecular weight excluding hydrogens is 270 g/mol. The highest BCUT2D eigenvalue weighted by Gasteiger charge is 2.34. The Balaban J connectivity index is 2.14. The van der Waals surface area contributed by atoms with E-state index in [9.17, 15) is 9.59 Å². The van der Waals surface area contributed by atoms with Gasteiger partial charge < -0.3 is 20.5 Å². The Morgan fingerprint density at radius 1 is 1.63 bits per heavy atom. The molecule has 0 spiro atoms. The first-order valence-electron chi connectivity index (χ1n) is 5.89. The molecule has 1 unspecified atom stereocenters. The number of nitrogens with two attached hydrogens (primary N) is 1. The highest BCUT2D eigenvalue weighted by molar-refractivity contribution is 7.09. The number of aliphatic carboxylic acids is 1. The standard InChI is InChI=1S/C11H15N3O4S/c12-2-1-9-13-7(6-19-9)10(15)14-3-4-18-5-8(14)11(16)17/h6,8H,1-5,12H2,(H,16,17). The van der Waals surface area contributed by atoms with Crippen LogP contribution in [-0.2, 0) is 16.0 Å². The van der Waals surface area contributed by atoms with Gasteiger partial charge >= 0.3 is 5.97 Å². The predicted molar refractivity (Wildman–Crippen MR) is 68.2 cm³/mol. The van der Waals surface area contributed by atoms with Crippen molar-refractivity contribution in [2.24, 2.45) is 5.73 Å². The second-order valence-electron chi connectivity index (χ2n) is 4.09. The molecule has 1 aliphatic heterocycles. The molecule has 0 saturated carbocycles. The van der Waals surface area contributed by atoms with Crippen molar-refractivity contribution in [3.63, 3.8) is 0 Å². The smallest absolute Gasteiger partial charge is 0.328 e. The Hall–Kier alpha value is -1.51. The molecule has 1 atom stereocenters. The molecule has 1 aromatic heterocycles. The molecule has 1 saturated heterocycles. The number of hydrogen-bond donors (Lipinski definition) is 2. The minimum atomic E-state index is -1.06. The van der Waals surface area contributed by atoms with Crippen LogP contribution >= 0.6 is 11.3 Å². The number of aromatic nitrogens is 1.